The van der Waals surface area contributed by atoms with Crippen molar-refractivity contribution in [2.45, 2.75) is 26.0 Å². The summed E-state index contributed by atoms with van der Waals surface area (Å²) in [6.07, 6.45) is 0. The van der Waals surface area contributed by atoms with E-state index in [1.165, 1.54) is 5.75 Å². The Hall–Kier alpha value is 0.310. The molecule has 1 saturated heterocycles. The summed E-state index contributed by atoms with van der Waals surface area (Å²) >= 11 is 2.10. The van der Waals surface area contributed by atoms with Crippen molar-refractivity contribution in [3.05, 3.63) is 0 Å². The second-order valence-corrected chi connectivity index (χ2v) is 6.82. The molecule has 1 fully saturated rings. The summed E-state index contributed by atoms with van der Waals surface area (Å²) in [4.78, 5) is 9.15. The average Bonchev–Trinajstić information content (AvgIpc) is 2.43. The van der Waals surface area contributed by atoms with Gasteiger partial charge in [0.1, 0.15) is 0 Å². The highest BCUT2D eigenvalue weighted by Gasteiger charge is 2.24. The van der Waals surface area contributed by atoms with E-state index in [1.54, 1.807) is 0 Å². The third kappa shape index (κ3) is 6.85. The molecule has 1 N–H and O–H groups in total. The standard InChI is InChI=1S/C14H30N4S.HI/c1-6-17(5)8-7-16-14(15-4)18-9-10-19-13(11-18)12(2)3;/h12-13H,6-11H2,1-5H3,(H,15,16);1H. The number of likely N-dealkylation sites (N-methyl/N-ethyl adjacent to an activating group) is 1. The lowest BCUT2D eigenvalue weighted by Gasteiger charge is -2.36. The Kier molecular flexibility index (Phi) is 11.1. The first-order valence-corrected chi connectivity index (χ1v) is 8.39. The first-order chi connectivity index (χ1) is 9.08. The summed E-state index contributed by atoms with van der Waals surface area (Å²) < 4.78 is 0. The third-order valence-electron chi connectivity index (χ3n) is 3.66. The maximum atomic E-state index is 4.43. The van der Waals surface area contributed by atoms with E-state index in [0.717, 1.165) is 49.9 Å². The minimum absolute atomic E-state index is 0. The largest absolute Gasteiger partial charge is 0.355 e. The number of hydrogen-bond donors (Lipinski definition) is 1. The zero-order valence-electron chi connectivity index (χ0n) is 13.6. The van der Waals surface area contributed by atoms with Gasteiger partial charge < -0.3 is 15.1 Å². The highest BCUT2D eigenvalue weighted by atomic mass is 127. The van der Waals surface area contributed by atoms with Crippen LogP contribution in [0, 0.1) is 5.92 Å². The average molecular weight is 414 g/mol. The summed E-state index contributed by atoms with van der Waals surface area (Å²) in [6.45, 7) is 12.2. The molecule has 0 aromatic rings. The number of hydrogen-bond acceptors (Lipinski definition) is 3. The maximum Gasteiger partial charge on any atom is 0.193 e. The Bertz CT molecular complexity index is 286. The van der Waals surface area contributed by atoms with Gasteiger partial charge in [0.15, 0.2) is 5.96 Å². The molecule has 0 aromatic carbocycles. The Labute approximate surface area is 146 Å². The van der Waals surface area contributed by atoms with Gasteiger partial charge in [0.05, 0.1) is 0 Å². The molecule has 1 heterocycles. The topological polar surface area (TPSA) is 30.9 Å². The van der Waals surface area contributed by atoms with Gasteiger partial charge in [-0.25, -0.2) is 0 Å². The van der Waals surface area contributed by atoms with E-state index in [2.05, 4.69) is 59.7 Å². The van der Waals surface area contributed by atoms with Gasteiger partial charge in [-0.15, -0.1) is 24.0 Å². The number of guanidine groups is 1. The van der Waals surface area contributed by atoms with Crippen LogP contribution in [0.5, 0.6) is 0 Å². The van der Waals surface area contributed by atoms with Crippen LogP contribution in [0.2, 0.25) is 0 Å². The quantitative estimate of drug-likeness (QED) is 0.425. The monoisotopic (exact) mass is 414 g/mol. The minimum Gasteiger partial charge on any atom is -0.355 e. The second kappa shape index (κ2) is 11.0. The SMILES string of the molecule is CCN(C)CCNC(=NC)N1CCSC(C(C)C)C1.I. The number of thioether (sulfide) groups is 1. The fraction of sp³-hybridized carbons (Fsp3) is 0.929. The van der Waals surface area contributed by atoms with E-state index in [1.807, 2.05) is 7.05 Å². The van der Waals surface area contributed by atoms with Crippen LogP contribution in [-0.2, 0) is 0 Å². The predicted molar refractivity (Wildman–Crippen MR) is 103 cm³/mol. The molecule has 1 aliphatic rings. The first-order valence-electron chi connectivity index (χ1n) is 7.34. The van der Waals surface area contributed by atoms with Gasteiger partial charge in [0.2, 0.25) is 0 Å². The van der Waals surface area contributed by atoms with Crippen LogP contribution < -0.4 is 5.32 Å². The lowest BCUT2D eigenvalue weighted by atomic mass is 10.1. The summed E-state index contributed by atoms with van der Waals surface area (Å²) in [5.41, 5.74) is 0. The molecule has 0 saturated carbocycles. The fourth-order valence-electron chi connectivity index (χ4n) is 2.12. The van der Waals surface area contributed by atoms with E-state index in [4.69, 9.17) is 0 Å². The van der Waals surface area contributed by atoms with Crippen LogP contribution in [-0.4, -0.2) is 73.6 Å². The first kappa shape index (κ1) is 20.3. The van der Waals surface area contributed by atoms with Crippen molar-refractivity contribution in [1.29, 1.82) is 0 Å². The van der Waals surface area contributed by atoms with Crippen LogP contribution in [0.1, 0.15) is 20.8 Å². The zero-order chi connectivity index (χ0) is 14.3. The second-order valence-electron chi connectivity index (χ2n) is 5.47. The van der Waals surface area contributed by atoms with Crippen molar-refractivity contribution in [2.24, 2.45) is 10.9 Å². The lowest BCUT2D eigenvalue weighted by molar-refractivity contribution is 0.346. The summed E-state index contributed by atoms with van der Waals surface area (Å²) in [5.74, 6) is 3.01. The van der Waals surface area contributed by atoms with E-state index >= 15 is 0 Å². The van der Waals surface area contributed by atoms with E-state index in [9.17, 15) is 0 Å². The van der Waals surface area contributed by atoms with Crippen LogP contribution in [0.15, 0.2) is 4.99 Å². The third-order valence-corrected chi connectivity index (χ3v) is 5.20. The van der Waals surface area contributed by atoms with Crippen molar-refractivity contribution in [1.82, 2.24) is 15.1 Å². The number of aliphatic imine (C=N–C) groups is 1. The molecule has 20 heavy (non-hydrogen) atoms. The molecule has 0 bridgehead atoms. The molecule has 1 atom stereocenters. The molecule has 0 aliphatic carbocycles. The molecule has 1 unspecified atom stereocenters. The Morgan fingerprint density at radius 3 is 2.75 bits per heavy atom. The lowest BCUT2D eigenvalue weighted by Crippen LogP contribution is -2.50. The predicted octanol–water partition coefficient (Wildman–Crippen LogP) is 2.20. The van der Waals surface area contributed by atoms with Gasteiger partial charge in [0, 0.05) is 44.2 Å². The molecular weight excluding hydrogens is 383 g/mol. The molecule has 1 rings (SSSR count). The number of nitrogens with zero attached hydrogens (tertiary/aromatic N) is 3. The Morgan fingerprint density at radius 1 is 1.50 bits per heavy atom. The molecule has 4 nitrogen and oxygen atoms in total. The molecule has 1 aliphatic heterocycles. The van der Waals surface area contributed by atoms with E-state index < -0.39 is 0 Å². The maximum absolute atomic E-state index is 4.43. The van der Waals surface area contributed by atoms with Gasteiger partial charge in [0.25, 0.3) is 0 Å². The summed E-state index contributed by atoms with van der Waals surface area (Å²) in [5, 5.41) is 4.22. The molecule has 0 amide bonds. The van der Waals surface area contributed by atoms with Crippen molar-refractivity contribution < 1.29 is 0 Å². The summed E-state index contributed by atoms with van der Waals surface area (Å²) in [7, 11) is 4.04. The van der Waals surface area contributed by atoms with Gasteiger partial charge >= 0.3 is 0 Å². The number of nitrogens with one attached hydrogen (secondary N) is 1. The highest BCUT2D eigenvalue weighted by Crippen LogP contribution is 2.24. The Morgan fingerprint density at radius 2 is 2.20 bits per heavy atom. The highest BCUT2D eigenvalue weighted by molar-refractivity contribution is 14.0. The van der Waals surface area contributed by atoms with Crippen LogP contribution in [0.4, 0.5) is 0 Å². The van der Waals surface area contributed by atoms with Crippen molar-refractivity contribution >= 4 is 41.7 Å². The van der Waals surface area contributed by atoms with Gasteiger partial charge in [-0.2, -0.15) is 11.8 Å². The molecule has 0 aromatic heterocycles. The Balaban J connectivity index is 0.00000361. The molecule has 6 heteroatoms. The van der Waals surface area contributed by atoms with Gasteiger partial charge in [-0.1, -0.05) is 20.8 Å². The minimum atomic E-state index is 0. The molecular formula is C14H31IN4S. The summed E-state index contributed by atoms with van der Waals surface area (Å²) in [6, 6.07) is 0. The molecule has 0 spiro atoms. The normalized spacial score (nSPS) is 20.2. The number of halogens is 1. The fourth-order valence-corrected chi connectivity index (χ4v) is 3.42. The van der Waals surface area contributed by atoms with Crippen molar-refractivity contribution in [2.75, 3.05) is 52.6 Å². The van der Waals surface area contributed by atoms with E-state index in [0.29, 0.717) is 0 Å². The van der Waals surface area contributed by atoms with Gasteiger partial charge in [-0.3, -0.25) is 4.99 Å². The van der Waals surface area contributed by atoms with Crippen LogP contribution in [0.3, 0.4) is 0 Å². The molecule has 0 radical (unpaired) electrons. The van der Waals surface area contributed by atoms with Gasteiger partial charge in [-0.05, 0) is 19.5 Å². The van der Waals surface area contributed by atoms with Crippen LogP contribution in [0.25, 0.3) is 0 Å². The van der Waals surface area contributed by atoms with Crippen molar-refractivity contribution in [3.63, 3.8) is 0 Å². The zero-order valence-corrected chi connectivity index (χ0v) is 16.7. The van der Waals surface area contributed by atoms with E-state index in [-0.39, 0.29) is 24.0 Å². The van der Waals surface area contributed by atoms with Crippen LogP contribution >= 0.6 is 35.7 Å². The smallest absolute Gasteiger partial charge is 0.193 e. The number of rotatable bonds is 5. The van der Waals surface area contributed by atoms with Crippen molar-refractivity contribution in [3.8, 4) is 0 Å². The molecule has 120 valence electrons.